The zero-order chi connectivity index (χ0) is 18.5. The molecule has 2 atom stereocenters. The van der Waals surface area contributed by atoms with Crippen LogP contribution in [0.3, 0.4) is 0 Å². The molecule has 1 aliphatic heterocycles. The summed E-state index contributed by atoms with van der Waals surface area (Å²) in [6, 6.07) is 28.1. The standard InChI is InChI=1S/C22H19O.C3H6N.Y/c23-19-12-14-21-18(15-19)11-13-20(16-7-3-1-4-8-16)22(21)17-9-5-2-6-10-17;1-2-4-3-1;/h1,3-10,12,14-15,20,22-23H,11,13H2;1,4H,2-3H2;/q2*-1;/t20-,22+;;/m1../s1. The minimum Gasteiger partial charge on any atom is -0.508 e. The van der Waals surface area contributed by atoms with Gasteiger partial charge in [-0.25, -0.2) is 0 Å². The maximum absolute atomic E-state index is 9.82. The molecule has 0 bridgehead atoms. The molecule has 28 heavy (non-hydrogen) atoms. The van der Waals surface area contributed by atoms with Gasteiger partial charge in [-0.2, -0.15) is 30.3 Å². The molecular formula is C25H25NOY-2. The van der Waals surface area contributed by atoms with Gasteiger partial charge in [0, 0.05) is 32.7 Å². The molecule has 2 nitrogen and oxygen atoms in total. The number of hydrogen-bond acceptors (Lipinski definition) is 2. The molecule has 1 fully saturated rings. The van der Waals surface area contributed by atoms with Crippen molar-refractivity contribution in [3.05, 3.63) is 108 Å². The number of nitrogens with one attached hydrogen (secondary N) is 1. The SMILES string of the molecule is Oc1ccc2c(c1)CC[C@H](c1ccccc1)[C@@H]2c1cc[c-]cc1.[CH-]1CNC1.[Y]. The largest absolute Gasteiger partial charge is 0.508 e. The fourth-order valence-corrected chi connectivity index (χ4v) is 4.03. The number of fused-ring (bicyclic) bond motifs is 1. The molecule has 1 saturated heterocycles. The first-order valence-electron chi connectivity index (χ1n) is 9.68. The molecule has 3 heteroatoms. The molecule has 0 spiro atoms. The van der Waals surface area contributed by atoms with Crippen LogP contribution >= 0.6 is 0 Å². The van der Waals surface area contributed by atoms with Gasteiger partial charge in [0.1, 0.15) is 5.75 Å². The van der Waals surface area contributed by atoms with E-state index < -0.39 is 0 Å². The van der Waals surface area contributed by atoms with E-state index in [0.717, 1.165) is 25.9 Å². The Labute approximate surface area is 193 Å². The number of phenols is 1. The molecule has 2 N–H and O–H groups in total. The molecule has 1 radical (unpaired) electrons. The van der Waals surface area contributed by atoms with Crippen LogP contribution in [0.2, 0.25) is 0 Å². The predicted molar refractivity (Wildman–Crippen MR) is 110 cm³/mol. The van der Waals surface area contributed by atoms with Crippen molar-refractivity contribution in [2.75, 3.05) is 13.1 Å². The summed E-state index contributed by atoms with van der Waals surface area (Å²) in [5.74, 6) is 1.16. The number of benzene rings is 3. The van der Waals surface area contributed by atoms with Gasteiger partial charge in [0.05, 0.1) is 0 Å². The number of phenolic OH excluding ortho intramolecular Hbond substituents is 1. The Balaban J connectivity index is 0.000000402. The molecule has 141 valence electrons. The molecule has 3 aromatic rings. The van der Waals surface area contributed by atoms with E-state index >= 15 is 0 Å². The fourth-order valence-electron chi connectivity index (χ4n) is 4.03. The van der Waals surface area contributed by atoms with Crippen LogP contribution in [-0.2, 0) is 39.1 Å². The first-order valence-corrected chi connectivity index (χ1v) is 9.68. The molecule has 0 unspecified atom stereocenters. The Morgan fingerprint density at radius 2 is 1.61 bits per heavy atom. The van der Waals surface area contributed by atoms with Crippen molar-refractivity contribution in [1.82, 2.24) is 5.32 Å². The molecule has 1 heterocycles. The number of hydrogen-bond donors (Lipinski definition) is 2. The molecule has 0 amide bonds. The van der Waals surface area contributed by atoms with Crippen LogP contribution < -0.4 is 5.32 Å². The first kappa shape index (κ1) is 21.2. The summed E-state index contributed by atoms with van der Waals surface area (Å²) < 4.78 is 0. The van der Waals surface area contributed by atoms with Crippen LogP contribution in [0.5, 0.6) is 5.75 Å². The maximum atomic E-state index is 9.82. The summed E-state index contributed by atoms with van der Waals surface area (Å²) in [7, 11) is 0. The Morgan fingerprint density at radius 3 is 2.25 bits per heavy atom. The Kier molecular flexibility index (Phi) is 7.85. The van der Waals surface area contributed by atoms with E-state index in [-0.39, 0.29) is 32.7 Å². The molecule has 1 aliphatic carbocycles. The summed E-state index contributed by atoms with van der Waals surface area (Å²) in [6.45, 7) is 2.25. The van der Waals surface area contributed by atoms with E-state index in [1.807, 2.05) is 24.3 Å². The molecule has 0 saturated carbocycles. The number of rotatable bonds is 2. The summed E-state index contributed by atoms with van der Waals surface area (Å²) in [5, 5.41) is 12.9. The predicted octanol–water partition coefficient (Wildman–Crippen LogP) is 4.85. The quantitative estimate of drug-likeness (QED) is 0.555. The number of aryl methyl sites for hydroxylation is 1. The van der Waals surface area contributed by atoms with Gasteiger partial charge in [0.15, 0.2) is 0 Å². The summed E-state index contributed by atoms with van der Waals surface area (Å²) >= 11 is 0. The Bertz CT molecular complexity index is 858. The van der Waals surface area contributed by atoms with E-state index in [4.69, 9.17) is 0 Å². The van der Waals surface area contributed by atoms with Crippen LogP contribution in [0, 0.1) is 12.5 Å². The molecule has 2 aliphatic rings. The average molecular weight is 444 g/mol. The van der Waals surface area contributed by atoms with Gasteiger partial charge in [-0.3, -0.25) is 0 Å². The van der Waals surface area contributed by atoms with Crippen molar-refractivity contribution < 1.29 is 37.8 Å². The van der Waals surface area contributed by atoms with Crippen LogP contribution in [0.15, 0.2) is 72.8 Å². The van der Waals surface area contributed by atoms with Gasteiger partial charge in [0.25, 0.3) is 0 Å². The van der Waals surface area contributed by atoms with Crippen LogP contribution in [-0.4, -0.2) is 18.2 Å². The van der Waals surface area contributed by atoms with Gasteiger partial charge < -0.3 is 16.8 Å². The van der Waals surface area contributed by atoms with Crippen LogP contribution in [0.1, 0.15) is 40.5 Å². The van der Waals surface area contributed by atoms with E-state index in [1.54, 1.807) is 0 Å². The van der Waals surface area contributed by atoms with Crippen molar-refractivity contribution in [2.24, 2.45) is 0 Å². The summed E-state index contributed by atoms with van der Waals surface area (Å²) in [4.78, 5) is 0. The monoisotopic (exact) mass is 444 g/mol. The average Bonchev–Trinajstić information content (AvgIpc) is 2.67. The Hall–Kier alpha value is -1.48. The third-order valence-corrected chi connectivity index (χ3v) is 5.50. The van der Waals surface area contributed by atoms with Gasteiger partial charge in [0.2, 0.25) is 0 Å². The van der Waals surface area contributed by atoms with Crippen LogP contribution in [0.4, 0.5) is 0 Å². The summed E-state index contributed by atoms with van der Waals surface area (Å²) in [6.07, 6.45) is 4.31. The zero-order valence-corrected chi connectivity index (χ0v) is 18.9. The van der Waals surface area contributed by atoms with Crippen molar-refractivity contribution in [1.29, 1.82) is 0 Å². The summed E-state index contributed by atoms with van der Waals surface area (Å²) in [5.41, 5.74) is 5.33. The van der Waals surface area contributed by atoms with Crippen LogP contribution in [0.25, 0.3) is 0 Å². The van der Waals surface area contributed by atoms with Crippen molar-refractivity contribution in [2.45, 2.75) is 24.7 Å². The third-order valence-electron chi connectivity index (χ3n) is 5.50. The Morgan fingerprint density at radius 1 is 0.929 bits per heavy atom. The first-order chi connectivity index (χ1) is 13.3. The molecular weight excluding hydrogens is 419 g/mol. The topological polar surface area (TPSA) is 32.3 Å². The third kappa shape index (κ3) is 4.92. The van der Waals surface area contributed by atoms with Gasteiger partial charge in [-0.1, -0.05) is 36.4 Å². The van der Waals surface area contributed by atoms with E-state index in [0.29, 0.717) is 17.6 Å². The van der Waals surface area contributed by atoms with E-state index in [2.05, 4.69) is 66.3 Å². The zero-order valence-electron chi connectivity index (χ0n) is 16.0. The minimum absolute atomic E-state index is 0. The second-order valence-corrected chi connectivity index (χ2v) is 7.20. The van der Waals surface area contributed by atoms with Crippen molar-refractivity contribution >= 4 is 0 Å². The van der Waals surface area contributed by atoms with Gasteiger partial charge >= 0.3 is 0 Å². The van der Waals surface area contributed by atoms with Crippen molar-refractivity contribution in [3.63, 3.8) is 0 Å². The molecule has 0 aromatic heterocycles. The van der Waals surface area contributed by atoms with Crippen molar-refractivity contribution in [3.8, 4) is 5.75 Å². The van der Waals surface area contributed by atoms with Gasteiger partial charge in [-0.05, 0) is 53.5 Å². The fraction of sp³-hybridized carbons (Fsp3) is 0.240. The smallest absolute Gasteiger partial charge is 0.115 e. The van der Waals surface area contributed by atoms with Gasteiger partial charge in [-0.15, -0.1) is 18.7 Å². The van der Waals surface area contributed by atoms with E-state index in [9.17, 15) is 5.11 Å². The molecule has 3 aromatic carbocycles. The molecule has 5 rings (SSSR count). The number of aromatic hydroxyl groups is 1. The normalized spacial score (nSPS) is 19.9. The maximum Gasteiger partial charge on any atom is 0.115 e. The minimum atomic E-state index is 0. The van der Waals surface area contributed by atoms with E-state index in [1.165, 1.54) is 22.3 Å². The second kappa shape index (κ2) is 10.3. The second-order valence-electron chi connectivity index (χ2n) is 7.20.